The predicted molar refractivity (Wildman–Crippen MR) is 91.5 cm³/mol. The fourth-order valence-corrected chi connectivity index (χ4v) is 3.45. The van der Waals surface area contributed by atoms with Crippen LogP contribution >= 0.6 is 0 Å². The number of likely N-dealkylation sites (tertiary alicyclic amines) is 1. The van der Waals surface area contributed by atoms with Crippen molar-refractivity contribution < 1.29 is 9.90 Å². The number of aromatic amines is 1. The molecular weight excluding hydrogens is 290 g/mol. The van der Waals surface area contributed by atoms with Crippen molar-refractivity contribution in [3.05, 3.63) is 35.5 Å². The zero-order chi connectivity index (χ0) is 16.4. The average Bonchev–Trinajstić information content (AvgIpc) is 3.10. The van der Waals surface area contributed by atoms with E-state index in [4.69, 9.17) is 0 Å². The van der Waals surface area contributed by atoms with Gasteiger partial charge in [-0.25, -0.2) is 4.79 Å². The summed E-state index contributed by atoms with van der Waals surface area (Å²) in [6, 6.07) is 6.25. The van der Waals surface area contributed by atoms with Crippen LogP contribution in [0.1, 0.15) is 24.5 Å². The van der Waals surface area contributed by atoms with Crippen LogP contribution in [0.15, 0.2) is 24.4 Å². The van der Waals surface area contributed by atoms with Crippen LogP contribution < -0.4 is 5.32 Å². The van der Waals surface area contributed by atoms with E-state index in [0.29, 0.717) is 12.5 Å². The van der Waals surface area contributed by atoms with Gasteiger partial charge in [0.2, 0.25) is 0 Å². The number of benzene rings is 1. The van der Waals surface area contributed by atoms with Gasteiger partial charge in [-0.15, -0.1) is 0 Å². The van der Waals surface area contributed by atoms with Crippen LogP contribution in [0.4, 0.5) is 4.79 Å². The summed E-state index contributed by atoms with van der Waals surface area (Å²) in [6.07, 6.45) is 3.77. The van der Waals surface area contributed by atoms with Crippen molar-refractivity contribution in [2.45, 2.75) is 32.7 Å². The number of nitrogens with one attached hydrogen (secondary N) is 2. The lowest BCUT2D eigenvalue weighted by atomic mass is 10.0. The van der Waals surface area contributed by atoms with E-state index in [2.05, 4.69) is 42.3 Å². The normalized spacial score (nSPS) is 21.1. The summed E-state index contributed by atoms with van der Waals surface area (Å²) in [5.74, 6) is 0.364. The highest BCUT2D eigenvalue weighted by Gasteiger charge is 2.33. The Labute approximate surface area is 136 Å². The summed E-state index contributed by atoms with van der Waals surface area (Å²) in [5, 5.41) is 13.6. The predicted octanol–water partition coefficient (Wildman–Crippen LogP) is 2.43. The molecule has 2 amide bonds. The van der Waals surface area contributed by atoms with E-state index in [-0.39, 0.29) is 18.7 Å². The first-order chi connectivity index (χ1) is 11.1. The van der Waals surface area contributed by atoms with Gasteiger partial charge in [-0.1, -0.05) is 19.1 Å². The summed E-state index contributed by atoms with van der Waals surface area (Å²) in [7, 11) is 0. The van der Waals surface area contributed by atoms with E-state index in [0.717, 1.165) is 24.9 Å². The number of carbonyl (C=O) groups is 1. The molecule has 1 fully saturated rings. The maximum Gasteiger partial charge on any atom is 0.317 e. The summed E-state index contributed by atoms with van der Waals surface area (Å²) in [4.78, 5) is 17.3. The number of carbonyl (C=O) groups excluding carboxylic acids is 1. The van der Waals surface area contributed by atoms with Crippen LogP contribution in [-0.2, 0) is 6.42 Å². The van der Waals surface area contributed by atoms with Crippen LogP contribution in [0, 0.1) is 12.8 Å². The van der Waals surface area contributed by atoms with Gasteiger partial charge in [-0.3, -0.25) is 0 Å². The molecule has 2 atom stereocenters. The number of hydrogen-bond donors (Lipinski definition) is 3. The molecule has 2 aromatic rings. The number of hydrogen-bond acceptors (Lipinski definition) is 2. The first-order valence-electron chi connectivity index (χ1n) is 8.32. The van der Waals surface area contributed by atoms with Crippen molar-refractivity contribution >= 4 is 16.9 Å². The molecule has 1 aromatic carbocycles. The number of urea groups is 1. The molecule has 0 bridgehead atoms. The number of aliphatic hydroxyl groups is 1. The van der Waals surface area contributed by atoms with E-state index in [1.807, 2.05) is 6.20 Å². The number of nitrogens with zero attached hydrogens (tertiary/aromatic N) is 1. The Kier molecular flexibility index (Phi) is 4.57. The molecule has 3 N–H and O–H groups in total. The molecule has 0 radical (unpaired) electrons. The molecule has 1 aliphatic heterocycles. The second-order valence-corrected chi connectivity index (χ2v) is 6.55. The van der Waals surface area contributed by atoms with Crippen LogP contribution in [-0.4, -0.2) is 46.8 Å². The minimum Gasteiger partial charge on any atom is -0.394 e. The molecule has 0 aliphatic carbocycles. The van der Waals surface area contributed by atoms with Gasteiger partial charge in [-0.05, 0) is 42.9 Å². The largest absolute Gasteiger partial charge is 0.394 e. The van der Waals surface area contributed by atoms with Gasteiger partial charge in [-0.2, -0.15) is 0 Å². The Morgan fingerprint density at radius 1 is 1.48 bits per heavy atom. The second kappa shape index (κ2) is 6.62. The molecule has 2 heterocycles. The topological polar surface area (TPSA) is 68.4 Å². The zero-order valence-electron chi connectivity index (χ0n) is 13.8. The van der Waals surface area contributed by atoms with Crippen molar-refractivity contribution in [1.29, 1.82) is 0 Å². The molecule has 3 rings (SSSR count). The fourth-order valence-electron chi connectivity index (χ4n) is 3.45. The molecule has 23 heavy (non-hydrogen) atoms. The van der Waals surface area contributed by atoms with Crippen LogP contribution in [0.25, 0.3) is 10.9 Å². The third kappa shape index (κ3) is 3.20. The fraction of sp³-hybridized carbons (Fsp3) is 0.500. The molecular formula is C18H25N3O2. The Morgan fingerprint density at radius 2 is 2.30 bits per heavy atom. The molecule has 1 aromatic heterocycles. The smallest absolute Gasteiger partial charge is 0.317 e. The van der Waals surface area contributed by atoms with E-state index >= 15 is 0 Å². The molecule has 1 aliphatic rings. The van der Waals surface area contributed by atoms with E-state index in [9.17, 15) is 9.90 Å². The van der Waals surface area contributed by atoms with Gasteiger partial charge in [0.15, 0.2) is 0 Å². The second-order valence-electron chi connectivity index (χ2n) is 6.55. The van der Waals surface area contributed by atoms with E-state index in [1.54, 1.807) is 4.90 Å². The van der Waals surface area contributed by atoms with Crippen LogP contribution in [0.2, 0.25) is 0 Å². The van der Waals surface area contributed by atoms with Crippen molar-refractivity contribution in [1.82, 2.24) is 15.2 Å². The third-order valence-corrected chi connectivity index (χ3v) is 4.92. The summed E-state index contributed by atoms with van der Waals surface area (Å²) >= 11 is 0. The number of aryl methyl sites for hydroxylation is 1. The number of aliphatic hydroxyl groups excluding tert-OH is 1. The quantitative estimate of drug-likeness (QED) is 0.811. The minimum atomic E-state index is -0.0657. The van der Waals surface area contributed by atoms with Gasteiger partial charge in [0.05, 0.1) is 12.6 Å². The molecule has 5 nitrogen and oxygen atoms in total. The van der Waals surface area contributed by atoms with Crippen LogP contribution in [0.3, 0.4) is 0 Å². The number of H-pyrrole nitrogens is 1. The lowest BCUT2D eigenvalue weighted by molar-refractivity contribution is 0.144. The SMILES string of the molecule is Cc1ccc2c(CCNC(=O)N3CC[C@@H](C)[C@H]3CO)c[nH]c2c1. The molecule has 0 spiro atoms. The Morgan fingerprint density at radius 3 is 3.09 bits per heavy atom. The Balaban J connectivity index is 1.57. The summed E-state index contributed by atoms with van der Waals surface area (Å²) in [5.41, 5.74) is 3.59. The number of rotatable bonds is 4. The van der Waals surface area contributed by atoms with Crippen molar-refractivity contribution in [3.8, 4) is 0 Å². The van der Waals surface area contributed by atoms with Gasteiger partial charge in [0, 0.05) is 30.2 Å². The number of fused-ring (bicyclic) bond motifs is 1. The highest BCUT2D eigenvalue weighted by Crippen LogP contribution is 2.23. The lowest BCUT2D eigenvalue weighted by Gasteiger charge is -2.25. The first-order valence-corrected chi connectivity index (χ1v) is 8.32. The maximum atomic E-state index is 12.3. The number of amides is 2. The third-order valence-electron chi connectivity index (χ3n) is 4.92. The molecule has 5 heteroatoms. The van der Waals surface area contributed by atoms with Crippen molar-refractivity contribution in [2.75, 3.05) is 19.7 Å². The Bertz CT molecular complexity index is 695. The van der Waals surface area contributed by atoms with Crippen molar-refractivity contribution in [2.24, 2.45) is 5.92 Å². The summed E-state index contributed by atoms with van der Waals surface area (Å²) < 4.78 is 0. The van der Waals surface area contributed by atoms with Gasteiger partial charge < -0.3 is 20.3 Å². The van der Waals surface area contributed by atoms with Gasteiger partial charge in [0.25, 0.3) is 0 Å². The average molecular weight is 315 g/mol. The summed E-state index contributed by atoms with van der Waals surface area (Å²) in [6.45, 7) is 5.53. The van der Waals surface area contributed by atoms with E-state index < -0.39 is 0 Å². The molecule has 0 saturated carbocycles. The highest BCUT2D eigenvalue weighted by molar-refractivity contribution is 5.84. The lowest BCUT2D eigenvalue weighted by Crippen LogP contribution is -2.46. The van der Waals surface area contributed by atoms with Crippen LogP contribution in [0.5, 0.6) is 0 Å². The van der Waals surface area contributed by atoms with Gasteiger partial charge in [0.1, 0.15) is 0 Å². The minimum absolute atomic E-state index is 0.0381. The standard InChI is InChI=1S/C18H25N3O2/c1-12-3-4-15-14(10-20-16(15)9-12)5-7-19-18(23)21-8-6-13(2)17(21)11-22/h3-4,9-10,13,17,20,22H,5-8,11H2,1-2H3,(H,19,23)/t13-,17-/m1/s1. The van der Waals surface area contributed by atoms with E-state index in [1.165, 1.54) is 16.5 Å². The maximum absolute atomic E-state index is 12.3. The molecule has 0 unspecified atom stereocenters. The molecule has 1 saturated heterocycles. The zero-order valence-corrected chi connectivity index (χ0v) is 13.8. The number of aromatic nitrogens is 1. The van der Waals surface area contributed by atoms with Crippen molar-refractivity contribution in [3.63, 3.8) is 0 Å². The van der Waals surface area contributed by atoms with Gasteiger partial charge >= 0.3 is 6.03 Å². The highest BCUT2D eigenvalue weighted by atomic mass is 16.3. The molecule has 124 valence electrons. The first kappa shape index (κ1) is 15.9. The Hall–Kier alpha value is -2.01. The monoisotopic (exact) mass is 315 g/mol.